The van der Waals surface area contributed by atoms with Crippen molar-refractivity contribution in [2.24, 2.45) is 0 Å². The van der Waals surface area contributed by atoms with Gasteiger partial charge in [-0.1, -0.05) is 23.7 Å². The van der Waals surface area contributed by atoms with Crippen LogP contribution in [0.4, 0.5) is 5.69 Å². The maximum absolute atomic E-state index is 12.3. The van der Waals surface area contributed by atoms with E-state index in [4.69, 9.17) is 22.1 Å². The third-order valence-electron chi connectivity index (χ3n) is 3.44. The molecule has 0 atom stereocenters. The smallest absolute Gasteiger partial charge is 0.260 e. The molecule has 0 saturated heterocycles. The van der Waals surface area contributed by atoms with Crippen LogP contribution in [0.15, 0.2) is 41.2 Å². The topological polar surface area (TPSA) is 88.3 Å². The number of nitrogens with two attached hydrogens (primary N) is 1. The highest BCUT2D eigenvalue weighted by Gasteiger charge is 2.16. The fraction of sp³-hybridized carbons (Fsp3) is 0.0625. The molecule has 0 aliphatic heterocycles. The monoisotopic (exact) mass is 316 g/mol. The maximum Gasteiger partial charge on any atom is 0.260 e. The van der Waals surface area contributed by atoms with Gasteiger partial charge in [0, 0.05) is 10.7 Å². The van der Waals surface area contributed by atoms with Crippen LogP contribution >= 0.6 is 11.6 Å². The molecule has 6 heteroatoms. The summed E-state index contributed by atoms with van der Waals surface area (Å²) in [6.07, 6.45) is 0. The molecule has 0 radical (unpaired) electrons. The number of hydrogen-bond donors (Lipinski definition) is 3. The number of halogens is 1. The Labute approximate surface area is 130 Å². The molecule has 3 rings (SSSR count). The minimum absolute atomic E-state index is 0.139. The summed E-state index contributed by atoms with van der Waals surface area (Å²) in [4.78, 5) is 15.0. The molecule has 1 heterocycles. The van der Waals surface area contributed by atoms with Gasteiger partial charge in [-0.2, -0.15) is 0 Å². The lowest BCUT2D eigenvalue weighted by molar-refractivity contribution is 0.415. The van der Waals surface area contributed by atoms with Crippen LogP contribution in [0, 0.1) is 0 Å². The fourth-order valence-corrected chi connectivity index (χ4v) is 2.68. The SMILES string of the molecule is COc1cccc(-c2c(O)c3c(N)cc(Cl)cc3[nH]c2=O)c1. The Kier molecular flexibility index (Phi) is 3.42. The molecule has 0 unspecified atom stereocenters. The number of hydrogen-bond acceptors (Lipinski definition) is 4. The van der Waals surface area contributed by atoms with Gasteiger partial charge in [0.25, 0.3) is 5.56 Å². The van der Waals surface area contributed by atoms with Crippen molar-refractivity contribution in [3.8, 4) is 22.6 Å². The van der Waals surface area contributed by atoms with Gasteiger partial charge < -0.3 is 20.6 Å². The number of aromatic hydroxyl groups is 1. The van der Waals surface area contributed by atoms with E-state index in [-0.39, 0.29) is 11.3 Å². The predicted octanol–water partition coefficient (Wildman–Crippen LogP) is 3.14. The molecule has 1 aromatic heterocycles. The summed E-state index contributed by atoms with van der Waals surface area (Å²) >= 11 is 5.92. The second kappa shape index (κ2) is 5.27. The van der Waals surface area contributed by atoms with Gasteiger partial charge in [0.15, 0.2) is 0 Å². The van der Waals surface area contributed by atoms with Gasteiger partial charge in [-0.05, 0) is 29.8 Å². The summed E-state index contributed by atoms with van der Waals surface area (Å²) in [6.45, 7) is 0. The van der Waals surface area contributed by atoms with Gasteiger partial charge >= 0.3 is 0 Å². The summed E-state index contributed by atoms with van der Waals surface area (Å²) in [7, 11) is 1.53. The molecule has 0 aliphatic rings. The second-order valence-corrected chi connectivity index (χ2v) is 5.26. The normalized spacial score (nSPS) is 10.8. The van der Waals surface area contributed by atoms with Crippen molar-refractivity contribution < 1.29 is 9.84 Å². The van der Waals surface area contributed by atoms with E-state index in [9.17, 15) is 9.90 Å². The molecule has 0 bridgehead atoms. The van der Waals surface area contributed by atoms with E-state index in [1.54, 1.807) is 30.3 Å². The molecule has 2 aromatic carbocycles. The van der Waals surface area contributed by atoms with Gasteiger partial charge in [0.2, 0.25) is 0 Å². The van der Waals surface area contributed by atoms with Crippen molar-refractivity contribution in [2.45, 2.75) is 0 Å². The van der Waals surface area contributed by atoms with Crippen LogP contribution < -0.4 is 16.0 Å². The molecular weight excluding hydrogens is 304 g/mol. The maximum atomic E-state index is 12.3. The van der Waals surface area contributed by atoms with Crippen LogP contribution in [0.25, 0.3) is 22.0 Å². The summed E-state index contributed by atoms with van der Waals surface area (Å²) in [5.41, 5.74) is 6.85. The molecule has 5 nitrogen and oxygen atoms in total. The average molecular weight is 317 g/mol. The molecular formula is C16H13ClN2O3. The fourth-order valence-electron chi connectivity index (χ4n) is 2.45. The first-order valence-electron chi connectivity index (χ1n) is 6.49. The molecule has 0 amide bonds. The number of aromatic nitrogens is 1. The molecule has 0 aliphatic carbocycles. The quantitative estimate of drug-likeness (QED) is 0.634. The Bertz CT molecular complexity index is 935. The lowest BCUT2D eigenvalue weighted by Gasteiger charge is -2.11. The number of nitrogens with one attached hydrogen (secondary N) is 1. The van der Waals surface area contributed by atoms with E-state index in [0.29, 0.717) is 32.9 Å². The van der Waals surface area contributed by atoms with Gasteiger partial charge in [0.05, 0.1) is 23.6 Å². The van der Waals surface area contributed by atoms with Gasteiger partial charge in [-0.3, -0.25) is 4.79 Å². The highest BCUT2D eigenvalue weighted by Crippen LogP contribution is 2.37. The molecule has 4 N–H and O–H groups in total. The zero-order valence-corrected chi connectivity index (χ0v) is 12.4. The minimum atomic E-state index is -0.431. The Morgan fingerprint density at radius 3 is 2.77 bits per heavy atom. The Hall–Kier alpha value is -2.66. The van der Waals surface area contributed by atoms with Crippen molar-refractivity contribution in [3.63, 3.8) is 0 Å². The van der Waals surface area contributed by atoms with E-state index in [1.165, 1.54) is 13.2 Å². The summed E-state index contributed by atoms with van der Waals surface area (Å²) in [6, 6.07) is 9.94. The van der Waals surface area contributed by atoms with Gasteiger partial charge in [-0.25, -0.2) is 0 Å². The van der Waals surface area contributed by atoms with Gasteiger partial charge in [0.1, 0.15) is 11.5 Å². The van der Waals surface area contributed by atoms with E-state index in [1.807, 2.05) is 0 Å². The highest BCUT2D eigenvalue weighted by molar-refractivity contribution is 6.32. The van der Waals surface area contributed by atoms with E-state index in [2.05, 4.69) is 4.98 Å². The zero-order chi connectivity index (χ0) is 15.9. The molecule has 22 heavy (non-hydrogen) atoms. The molecule has 112 valence electrons. The van der Waals surface area contributed by atoms with Crippen molar-refractivity contribution in [1.29, 1.82) is 0 Å². The molecule has 0 spiro atoms. The molecule has 0 fully saturated rings. The van der Waals surface area contributed by atoms with Crippen LogP contribution in [0.1, 0.15) is 0 Å². The third kappa shape index (κ3) is 2.25. The lowest BCUT2D eigenvalue weighted by Crippen LogP contribution is -2.10. The lowest BCUT2D eigenvalue weighted by atomic mass is 10.0. The minimum Gasteiger partial charge on any atom is -0.506 e. The Morgan fingerprint density at radius 1 is 1.27 bits per heavy atom. The predicted molar refractivity (Wildman–Crippen MR) is 87.6 cm³/mol. The standard InChI is InChI=1S/C16H13ClN2O3/c1-22-10-4-2-3-8(5-10)13-15(20)14-11(18)6-9(17)7-12(14)19-16(13)21/h2-7H,18H2,1H3,(H2,19,20,21). The van der Waals surface area contributed by atoms with Crippen LogP contribution in [0.5, 0.6) is 11.5 Å². The number of nitrogen functional groups attached to an aromatic ring is 1. The Balaban J connectivity index is 2.37. The Morgan fingerprint density at radius 2 is 2.05 bits per heavy atom. The largest absolute Gasteiger partial charge is 0.506 e. The molecule has 3 aromatic rings. The van der Waals surface area contributed by atoms with Crippen LogP contribution in [-0.2, 0) is 0 Å². The summed E-state index contributed by atoms with van der Waals surface area (Å²) < 4.78 is 5.15. The summed E-state index contributed by atoms with van der Waals surface area (Å²) in [5.74, 6) is 0.404. The number of fused-ring (bicyclic) bond motifs is 1. The number of pyridine rings is 1. The number of ether oxygens (including phenoxy) is 1. The second-order valence-electron chi connectivity index (χ2n) is 4.83. The molecule has 0 saturated carbocycles. The van der Waals surface area contributed by atoms with Crippen LogP contribution in [0.3, 0.4) is 0 Å². The van der Waals surface area contributed by atoms with E-state index >= 15 is 0 Å². The number of methoxy groups -OCH3 is 1. The van der Waals surface area contributed by atoms with Gasteiger partial charge in [-0.15, -0.1) is 0 Å². The van der Waals surface area contributed by atoms with Crippen LogP contribution in [0.2, 0.25) is 5.02 Å². The van der Waals surface area contributed by atoms with Crippen molar-refractivity contribution in [2.75, 3.05) is 12.8 Å². The van der Waals surface area contributed by atoms with Crippen molar-refractivity contribution in [1.82, 2.24) is 4.98 Å². The van der Waals surface area contributed by atoms with E-state index in [0.717, 1.165) is 0 Å². The van der Waals surface area contributed by atoms with Crippen molar-refractivity contribution in [3.05, 3.63) is 51.8 Å². The van der Waals surface area contributed by atoms with Crippen molar-refractivity contribution >= 4 is 28.2 Å². The average Bonchev–Trinajstić information content (AvgIpc) is 2.46. The first-order valence-corrected chi connectivity index (χ1v) is 6.87. The van der Waals surface area contributed by atoms with Crippen LogP contribution in [-0.4, -0.2) is 17.2 Å². The first-order chi connectivity index (χ1) is 10.5. The number of rotatable bonds is 2. The van der Waals surface area contributed by atoms with E-state index < -0.39 is 5.56 Å². The summed E-state index contributed by atoms with van der Waals surface area (Å²) in [5, 5.41) is 11.3. The number of anilines is 1. The number of aromatic amines is 1. The zero-order valence-electron chi connectivity index (χ0n) is 11.7. The first kappa shape index (κ1) is 14.3. The third-order valence-corrected chi connectivity index (χ3v) is 3.66. The highest BCUT2D eigenvalue weighted by atomic mass is 35.5. The number of H-pyrrole nitrogens is 1. The number of benzene rings is 2.